The van der Waals surface area contributed by atoms with Gasteiger partial charge in [-0.1, -0.05) is 11.6 Å². The summed E-state index contributed by atoms with van der Waals surface area (Å²) in [6.45, 7) is 0. The minimum absolute atomic E-state index is 0.000278. The van der Waals surface area contributed by atoms with E-state index in [2.05, 4.69) is 4.98 Å². The fourth-order valence-electron chi connectivity index (χ4n) is 0.874. The summed E-state index contributed by atoms with van der Waals surface area (Å²) >= 11 is 5.54. The Morgan fingerprint density at radius 1 is 1.54 bits per heavy atom. The van der Waals surface area contributed by atoms with Crippen LogP contribution in [0.2, 0.25) is 5.02 Å². The average molecular weight is 206 g/mol. The molecule has 0 bridgehead atoms. The molecule has 2 nitrogen and oxygen atoms in total. The Labute approximate surface area is 78.5 Å². The number of pyridine rings is 1. The number of carbonyl (C=O) groups excluding carboxylic acids is 1. The molecule has 0 N–H and O–H groups in total. The molecule has 13 heavy (non-hydrogen) atoms. The fraction of sp³-hybridized carbons (Fsp3) is 0.250. The van der Waals surface area contributed by atoms with Crippen molar-refractivity contribution in [3.63, 3.8) is 0 Å². The fourth-order valence-corrected chi connectivity index (χ4v) is 1.11. The summed E-state index contributed by atoms with van der Waals surface area (Å²) in [5.74, 6) is 0. The minimum atomic E-state index is -2.66. The van der Waals surface area contributed by atoms with Gasteiger partial charge in [0.2, 0.25) is 0 Å². The molecule has 0 amide bonds. The van der Waals surface area contributed by atoms with E-state index in [1.54, 1.807) is 0 Å². The van der Waals surface area contributed by atoms with Gasteiger partial charge in [-0.15, -0.1) is 0 Å². The van der Waals surface area contributed by atoms with Gasteiger partial charge in [-0.3, -0.25) is 4.98 Å². The zero-order chi connectivity index (χ0) is 9.84. The molecule has 5 heteroatoms. The zero-order valence-electron chi connectivity index (χ0n) is 6.51. The summed E-state index contributed by atoms with van der Waals surface area (Å²) in [7, 11) is 0. The number of hydrogen-bond donors (Lipinski definition) is 0. The molecule has 0 aliphatic rings. The largest absolute Gasteiger partial charge is 0.303 e. The summed E-state index contributed by atoms with van der Waals surface area (Å²) in [6.07, 6.45) is -2.07. The molecule has 1 aromatic heterocycles. The second kappa shape index (κ2) is 4.28. The van der Waals surface area contributed by atoms with Gasteiger partial charge >= 0.3 is 0 Å². The highest BCUT2D eigenvalue weighted by molar-refractivity contribution is 6.30. The molecule has 0 aliphatic heterocycles. The highest BCUT2D eigenvalue weighted by Crippen LogP contribution is 2.20. The van der Waals surface area contributed by atoms with Crippen LogP contribution in [0.3, 0.4) is 0 Å². The summed E-state index contributed by atoms with van der Waals surface area (Å²) < 4.78 is 24.3. The first-order valence-electron chi connectivity index (χ1n) is 3.51. The third kappa shape index (κ3) is 2.73. The maximum atomic E-state index is 12.2. The number of alkyl halides is 2. The van der Waals surface area contributed by atoms with Gasteiger partial charge in [-0.2, -0.15) is 0 Å². The van der Waals surface area contributed by atoms with Crippen molar-refractivity contribution >= 4 is 17.9 Å². The van der Waals surface area contributed by atoms with Gasteiger partial charge in [-0.25, -0.2) is 8.78 Å². The number of aldehydes is 1. The molecule has 1 rings (SSSR count). The van der Waals surface area contributed by atoms with E-state index < -0.39 is 12.1 Å². The third-order valence-electron chi connectivity index (χ3n) is 1.38. The molecule has 0 unspecified atom stereocenters. The van der Waals surface area contributed by atoms with Gasteiger partial charge in [0.25, 0.3) is 6.43 Å². The maximum Gasteiger partial charge on any atom is 0.280 e. The Bertz CT molecular complexity index is 317. The lowest BCUT2D eigenvalue weighted by molar-refractivity contribution is -0.107. The van der Waals surface area contributed by atoms with Crippen LogP contribution in [0, 0.1) is 0 Å². The van der Waals surface area contributed by atoms with Crippen molar-refractivity contribution < 1.29 is 13.6 Å². The zero-order valence-corrected chi connectivity index (χ0v) is 7.26. The molecule has 0 spiro atoms. The lowest BCUT2D eigenvalue weighted by Gasteiger charge is -2.01. The first-order chi connectivity index (χ1) is 6.13. The van der Waals surface area contributed by atoms with Crippen molar-refractivity contribution in [1.29, 1.82) is 0 Å². The highest BCUT2D eigenvalue weighted by atomic mass is 35.5. The van der Waals surface area contributed by atoms with Gasteiger partial charge in [0.05, 0.1) is 0 Å². The number of nitrogens with zero attached hydrogens (tertiary/aromatic N) is 1. The summed E-state index contributed by atoms with van der Waals surface area (Å²) in [5.41, 5.74) is -0.137. The SMILES string of the molecule is O=CCc1cc(Cl)cc(C(F)F)n1. The van der Waals surface area contributed by atoms with Gasteiger partial charge in [0.15, 0.2) is 0 Å². The Morgan fingerprint density at radius 3 is 2.77 bits per heavy atom. The van der Waals surface area contributed by atoms with Crippen LogP contribution in [0.1, 0.15) is 17.8 Å². The van der Waals surface area contributed by atoms with E-state index in [4.69, 9.17) is 11.6 Å². The molecular weight excluding hydrogens is 200 g/mol. The van der Waals surface area contributed by atoms with E-state index in [1.807, 2.05) is 0 Å². The van der Waals surface area contributed by atoms with Crippen LogP contribution in [-0.4, -0.2) is 11.3 Å². The Hall–Kier alpha value is -1.03. The lowest BCUT2D eigenvalue weighted by Crippen LogP contribution is -1.97. The Morgan fingerprint density at radius 2 is 2.23 bits per heavy atom. The highest BCUT2D eigenvalue weighted by Gasteiger charge is 2.10. The first-order valence-corrected chi connectivity index (χ1v) is 3.89. The van der Waals surface area contributed by atoms with Gasteiger partial charge in [-0.05, 0) is 12.1 Å². The van der Waals surface area contributed by atoms with E-state index >= 15 is 0 Å². The predicted molar refractivity (Wildman–Crippen MR) is 44.0 cm³/mol. The van der Waals surface area contributed by atoms with Crippen LogP contribution in [0.25, 0.3) is 0 Å². The molecule has 0 radical (unpaired) electrons. The standard InChI is InChI=1S/C8H6ClF2NO/c9-5-3-6(1-2-13)12-7(4-5)8(10)11/h2-4,8H,1H2. The van der Waals surface area contributed by atoms with E-state index in [0.717, 1.165) is 6.07 Å². The van der Waals surface area contributed by atoms with Crippen molar-refractivity contribution in [3.8, 4) is 0 Å². The number of rotatable bonds is 3. The van der Waals surface area contributed by atoms with Crippen LogP contribution in [-0.2, 0) is 11.2 Å². The quantitative estimate of drug-likeness (QED) is 0.710. The van der Waals surface area contributed by atoms with E-state index in [-0.39, 0.29) is 17.1 Å². The monoisotopic (exact) mass is 205 g/mol. The molecule has 0 saturated carbocycles. The van der Waals surface area contributed by atoms with Gasteiger partial charge < -0.3 is 4.79 Å². The van der Waals surface area contributed by atoms with Crippen LogP contribution in [0.4, 0.5) is 8.78 Å². The van der Waals surface area contributed by atoms with Gasteiger partial charge in [0.1, 0.15) is 12.0 Å². The van der Waals surface area contributed by atoms with E-state index in [9.17, 15) is 13.6 Å². The molecular formula is C8H6ClF2NO. The topological polar surface area (TPSA) is 30.0 Å². The lowest BCUT2D eigenvalue weighted by atomic mass is 10.2. The summed E-state index contributed by atoms with van der Waals surface area (Å²) in [6, 6.07) is 2.47. The van der Waals surface area contributed by atoms with Crippen molar-refractivity contribution in [1.82, 2.24) is 4.98 Å². The van der Waals surface area contributed by atoms with Crippen LogP contribution in [0.5, 0.6) is 0 Å². The molecule has 70 valence electrons. The maximum absolute atomic E-state index is 12.2. The number of aromatic nitrogens is 1. The number of halogens is 3. The molecule has 1 aromatic rings. The third-order valence-corrected chi connectivity index (χ3v) is 1.60. The molecule has 0 aliphatic carbocycles. The average Bonchev–Trinajstić information content (AvgIpc) is 2.03. The predicted octanol–water partition coefficient (Wildman–Crippen LogP) is 2.41. The van der Waals surface area contributed by atoms with Crippen LogP contribution in [0.15, 0.2) is 12.1 Å². The second-order valence-corrected chi connectivity index (χ2v) is 2.81. The molecule has 1 heterocycles. The number of carbonyl (C=O) groups is 1. The smallest absolute Gasteiger partial charge is 0.280 e. The van der Waals surface area contributed by atoms with Crippen LogP contribution < -0.4 is 0 Å². The molecule has 0 fully saturated rings. The van der Waals surface area contributed by atoms with Gasteiger partial charge in [0, 0.05) is 17.1 Å². The van der Waals surface area contributed by atoms with Crippen molar-refractivity contribution in [2.75, 3.05) is 0 Å². The Kier molecular flexibility index (Phi) is 3.31. The summed E-state index contributed by atoms with van der Waals surface area (Å²) in [4.78, 5) is 13.7. The summed E-state index contributed by atoms with van der Waals surface area (Å²) in [5, 5.41) is 0.169. The Balaban J connectivity index is 3.03. The molecule has 0 saturated heterocycles. The first kappa shape index (κ1) is 10.1. The number of hydrogen-bond acceptors (Lipinski definition) is 2. The van der Waals surface area contributed by atoms with Crippen molar-refractivity contribution in [2.24, 2.45) is 0 Å². The van der Waals surface area contributed by atoms with E-state index in [1.165, 1.54) is 6.07 Å². The molecule has 0 aromatic carbocycles. The van der Waals surface area contributed by atoms with Crippen LogP contribution >= 0.6 is 11.6 Å². The normalized spacial score (nSPS) is 10.5. The second-order valence-electron chi connectivity index (χ2n) is 2.37. The van der Waals surface area contributed by atoms with E-state index in [0.29, 0.717) is 6.29 Å². The van der Waals surface area contributed by atoms with Crippen molar-refractivity contribution in [2.45, 2.75) is 12.8 Å². The van der Waals surface area contributed by atoms with Crippen molar-refractivity contribution in [3.05, 3.63) is 28.5 Å². The molecule has 0 atom stereocenters. The minimum Gasteiger partial charge on any atom is -0.303 e.